The standard InChI is InChI=1S/C16H14F2NO/c1-2-12-5-3-6-13(9-12)10-19-20-11-14-7-4-8-15(17)16(14)18/h3-9H,2,11H2,1H3. The van der Waals surface area contributed by atoms with Gasteiger partial charge in [-0.1, -0.05) is 42.4 Å². The summed E-state index contributed by atoms with van der Waals surface area (Å²) in [7, 11) is 0. The zero-order valence-corrected chi connectivity index (χ0v) is 11.1. The quantitative estimate of drug-likeness (QED) is 0.597. The van der Waals surface area contributed by atoms with Gasteiger partial charge in [-0.05, 0) is 24.1 Å². The lowest BCUT2D eigenvalue weighted by Crippen LogP contribution is -1.95. The van der Waals surface area contributed by atoms with Crippen LogP contribution in [0.5, 0.6) is 0 Å². The molecule has 1 radical (unpaired) electrons. The molecule has 0 fully saturated rings. The zero-order chi connectivity index (χ0) is 14.4. The molecule has 0 saturated heterocycles. The second-order valence-corrected chi connectivity index (χ2v) is 4.24. The number of hydrogen-bond donors (Lipinski definition) is 0. The first-order valence-corrected chi connectivity index (χ1v) is 6.30. The van der Waals surface area contributed by atoms with Crippen LogP contribution in [0.4, 0.5) is 8.78 Å². The van der Waals surface area contributed by atoms with Crippen LogP contribution in [-0.2, 0) is 17.9 Å². The summed E-state index contributed by atoms with van der Waals surface area (Å²) in [6.45, 7) is 1.92. The first-order chi connectivity index (χ1) is 9.70. The first kappa shape index (κ1) is 14.2. The summed E-state index contributed by atoms with van der Waals surface area (Å²) < 4.78 is 26.3. The number of nitrogens with zero attached hydrogens (tertiary/aromatic N) is 1. The van der Waals surface area contributed by atoms with Gasteiger partial charge in [0.15, 0.2) is 11.6 Å². The molecular formula is C16H14F2NO. The normalized spacial score (nSPS) is 10.9. The Hall–Kier alpha value is -2.23. The number of rotatable bonds is 5. The van der Waals surface area contributed by atoms with Crippen LogP contribution >= 0.6 is 0 Å². The topological polar surface area (TPSA) is 21.6 Å². The van der Waals surface area contributed by atoms with Gasteiger partial charge in [0.05, 0.1) is 0 Å². The van der Waals surface area contributed by atoms with Gasteiger partial charge in [0, 0.05) is 11.1 Å². The number of halogens is 2. The maximum Gasteiger partial charge on any atom is 0.165 e. The van der Waals surface area contributed by atoms with E-state index >= 15 is 0 Å². The molecule has 2 aromatic rings. The molecule has 0 atom stereocenters. The second-order valence-electron chi connectivity index (χ2n) is 4.24. The van der Waals surface area contributed by atoms with Crippen LogP contribution in [0.3, 0.4) is 0 Å². The molecule has 2 aromatic carbocycles. The van der Waals surface area contributed by atoms with E-state index in [1.807, 2.05) is 24.3 Å². The maximum absolute atomic E-state index is 13.3. The third kappa shape index (κ3) is 3.63. The van der Waals surface area contributed by atoms with Crippen molar-refractivity contribution in [3.8, 4) is 0 Å². The fourth-order valence-corrected chi connectivity index (χ4v) is 1.71. The highest BCUT2D eigenvalue weighted by Gasteiger charge is 2.07. The summed E-state index contributed by atoms with van der Waals surface area (Å²) in [6.07, 6.45) is 3.63. The molecule has 4 heteroatoms. The van der Waals surface area contributed by atoms with E-state index in [-0.39, 0.29) is 12.2 Å². The molecule has 0 spiro atoms. The predicted octanol–water partition coefficient (Wildman–Crippen LogP) is 3.95. The van der Waals surface area contributed by atoms with Crippen LogP contribution in [0.15, 0.2) is 47.6 Å². The van der Waals surface area contributed by atoms with Crippen molar-refractivity contribution in [1.29, 1.82) is 0 Å². The molecule has 20 heavy (non-hydrogen) atoms. The SMILES string of the molecule is CCc1cccc(/[C]=N\OCc2cccc(F)c2F)c1. The van der Waals surface area contributed by atoms with Crippen LogP contribution in [0.25, 0.3) is 0 Å². The molecule has 103 valence electrons. The van der Waals surface area contributed by atoms with E-state index in [4.69, 9.17) is 4.84 Å². The summed E-state index contributed by atoms with van der Waals surface area (Å²) in [5.74, 6) is -1.80. The van der Waals surface area contributed by atoms with Crippen molar-refractivity contribution in [2.24, 2.45) is 5.16 Å². The first-order valence-electron chi connectivity index (χ1n) is 6.30. The number of benzene rings is 2. The fourth-order valence-electron chi connectivity index (χ4n) is 1.71. The van der Waals surface area contributed by atoms with Gasteiger partial charge in [0.2, 0.25) is 0 Å². The van der Waals surface area contributed by atoms with Gasteiger partial charge < -0.3 is 4.84 Å². The molecule has 0 aliphatic rings. The molecule has 2 rings (SSSR count). The van der Waals surface area contributed by atoms with Gasteiger partial charge in [-0.25, -0.2) is 8.78 Å². The summed E-state index contributed by atoms with van der Waals surface area (Å²) in [4.78, 5) is 4.94. The van der Waals surface area contributed by atoms with Gasteiger partial charge in [-0.15, -0.1) is 0 Å². The van der Waals surface area contributed by atoms with Crippen LogP contribution in [0, 0.1) is 11.6 Å². The Balaban J connectivity index is 1.95. The van der Waals surface area contributed by atoms with Crippen LogP contribution in [-0.4, -0.2) is 6.21 Å². The summed E-state index contributed by atoms with van der Waals surface area (Å²) in [5.41, 5.74) is 2.07. The lowest BCUT2D eigenvalue weighted by molar-refractivity contribution is 0.129. The van der Waals surface area contributed by atoms with E-state index in [0.717, 1.165) is 18.1 Å². The van der Waals surface area contributed by atoms with Crippen molar-refractivity contribution < 1.29 is 13.6 Å². The minimum atomic E-state index is -0.907. The molecule has 0 aromatic heterocycles. The van der Waals surface area contributed by atoms with Crippen molar-refractivity contribution in [2.75, 3.05) is 0 Å². The lowest BCUT2D eigenvalue weighted by Gasteiger charge is -2.02. The van der Waals surface area contributed by atoms with Crippen molar-refractivity contribution >= 4 is 6.21 Å². The molecule has 2 nitrogen and oxygen atoms in total. The highest BCUT2D eigenvalue weighted by atomic mass is 19.2. The zero-order valence-electron chi connectivity index (χ0n) is 11.1. The fraction of sp³-hybridized carbons (Fsp3) is 0.188. The Kier molecular flexibility index (Phi) is 4.82. The van der Waals surface area contributed by atoms with Gasteiger partial charge >= 0.3 is 0 Å². The highest BCUT2D eigenvalue weighted by Crippen LogP contribution is 2.12. The van der Waals surface area contributed by atoms with Gasteiger partial charge in [-0.3, -0.25) is 0 Å². The van der Waals surface area contributed by atoms with E-state index < -0.39 is 11.6 Å². The molecular weight excluding hydrogens is 260 g/mol. The average Bonchev–Trinajstić information content (AvgIpc) is 2.48. The molecule has 0 amide bonds. The summed E-state index contributed by atoms with van der Waals surface area (Å²) in [6, 6.07) is 11.6. The van der Waals surface area contributed by atoms with Crippen molar-refractivity contribution in [1.82, 2.24) is 0 Å². The minimum Gasteiger partial charge on any atom is -0.390 e. The third-order valence-corrected chi connectivity index (χ3v) is 2.83. The van der Waals surface area contributed by atoms with Crippen LogP contribution in [0.1, 0.15) is 23.6 Å². The molecule has 0 saturated carbocycles. The Morgan fingerprint density at radius 2 is 1.95 bits per heavy atom. The molecule has 0 aliphatic heterocycles. The van der Waals surface area contributed by atoms with E-state index in [9.17, 15) is 8.78 Å². The Morgan fingerprint density at radius 1 is 1.15 bits per heavy atom. The largest absolute Gasteiger partial charge is 0.390 e. The highest BCUT2D eigenvalue weighted by molar-refractivity contribution is 5.79. The Morgan fingerprint density at radius 3 is 2.75 bits per heavy atom. The monoisotopic (exact) mass is 274 g/mol. The van der Waals surface area contributed by atoms with Gasteiger partial charge in [0.1, 0.15) is 12.8 Å². The van der Waals surface area contributed by atoms with Crippen LogP contribution in [0.2, 0.25) is 0 Å². The Labute approximate surface area is 116 Å². The summed E-state index contributed by atoms with van der Waals surface area (Å²) in [5, 5.41) is 3.64. The molecule has 0 bridgehead atoms. The number of hydrogen-bond acceptors (Lipinski definition) is 2. The minimum absolute atomic E-state index is 0.123. The third-order valence-electron chi connectivity index (χ3n) is 2.83. The van der Waals surface area contributed by atoms with Crippen LogP contribution < -0.4 is 0 Å². The van der Waals surface area contributed by atoms with Gasteiger partial charge in [0.25, 0.3) is 0 Å². The molecule has 0 heterocycles. The predicted molar refractivity (Wildman–Crippen MR) is 73.5 cm³/mol. The lowest BCUT2D eigenvalue weighted by atomic mass is 10.1. The van der Waals surface area contributed by atoms with E-state index in [2.05, 4.69) is 18.3 Å². The van der Waals surface area contributed by atoms with Crippen molar-refractivity contribution in [3.05, 3.63) is 70.8 Å². The van der Waals surface area contributed by atoms with E-state index in [0.29, 0.717) is 0 Å². The maximum atomic E-state index is 13.3. The van der Waals surface area contributed by atoms with Crippen molar-refractivity contribution in [2.45, 2.75) is 20.0 Å². The van der Waals surface area contributed by atoms with Gasteiger partial charge in [-0.2, -0.15) is 0 Å². The molecule has 0 N–H and O–H groups in total. The smallest absolute Gasteiger partial charge is 0.165 e. The second kappa shape index (κ2) is 6.80. The summed E-state index contributed by atoms with van der Waals surface area (Å²) >= 11 is 0. The molecule has 0 unspecified atom stereocenters. The van der Waals surface area contributed by atoms with E-state index in [1.165, 1.54) is 17.7 Å². The van der Waals surface area contributed by atoms with E-state index in [1.54, 1.807) is 0 Å². The van der Waals surface area contributed by atoms with Crippen molar-refractivity contribution in [3.63, 3.8) is 0 Å². The average molecular weight is 274 g/mol. The molecule has 0 aliphatic carbocycles. The number of aryl methyl sites for hydroxylation is 1. The Bertz CT molecular complexity index is 611.